The van der Waals surface area contributed by atoms with E-state index in [-0.39, 0.29) is 23.2 Å². The average molecular weight is 374 g/mol. The van der Waals surface area contributed by atoms with Gasteiger partial charge in [-0.1, -0.05) is 5.16 Å². The average Bonchev–Trinajstić information content (AvgIpc) is 3.13. The second-order valence-electron chi connectivity index (χ2n) is 6.40. The molecule has 3 rings (SSSR count). The van der Waals surface area contributed by atoms with Crippen molar-refractivity contribution >= 4 is 17.8 Å². The number of hydrogen-bond acceptors (Lipinski definition) is 6. The van der Waals surface area contributed by atoms with Crippen LogP contribution in [0.2, 0.25) is 0 Å². The topological polar surface area (TPSA) is 99.4 Å². The predicted octanol–water partition coefficient (Wildman–Crippen LogP) is 1.85. The Morgan fingerprint density at radius 2 is 1.78 bits per heavy atom. The van der Waals surface area contributed by atoms with Gasteiger partial charge in [-0.25, -0.2) is 9.59 Å². The first-order valence-corrected chi connectivity index (χ1v) is 8.51. The van der Waals surface area contributed by atoms with Gasteiger partial charge in [0.1, 0.15) is 5.75 Å². The Bertz CT molecular complexity index is 823. The van der Waals surface area contributed by atoms with Gasteiger partial charge in [-0.2, -0.15) is 0 Å². The molecule has 9 heteroatoms. The summed E-state index contributed by atoms with van der Waals surface area (Å²) in [5.74, 6) is 0.0399. The maximum Gasteiger partial charge on any atom is 0.343 e. The number of carbonyl (C=O) groups excluding carboxylic acids is 1. The van der Waals surface area contributed by atoms with Gasteiger partial charge in [0.25, 0.3) is 0 Å². The second-order valence-corrected chi connectivity index (χ2v) is 6.40. The van der Waals surface area contributed by atoms with Gasteiger partial charge in [0, 0.05) is 45.8 Å². The Morgan fingerprint density at radius 3 is 2.30 bits per heavy atom. The lowest BCUT2D eigenvalue weighted by Gasteiger charge is -2.36. The Morgan fingerprint density at radius 1 is 1.15 bits per heavy atom. The first-order valence-electron chi connectivity index (χ1n) is 8.51. The van der Waals surface area contributed by atoms with Crippen LogP contribution in [0, 0.1) is 0 Å². The van der Waals surface area contributed by atoms with E-state index in [1.54, 1.807) is 50.4 Å². The lowest BCUT2D eigenvalue weighted by molar-refractivity contribution is 0.0697. The van der Waals surface area contributed by atoms with Crippen LogP contribution < -0.4 is 9.64 Å². The van der Waals surface area contributed by atoms with Crippen molar-refractivity contribution in [2.24, 2.45) is 0 Å². The van der Waals surface area contributed by atoms with Crippen LogP contribution in [0.3, 0.4) is 0 Å². The lowest BCUT2D eigenvalue weighted by Crippen LogP contribution is -2.51. The third-order valence-electron chi connectivity index (χ3n) is 4.47. The third kappa shape index (κ3) is 3.67. The molecule has 1 fully saturated rings. The fourth-order valence-electron chi connectivity index (χ4n) is 3.02. The number of amides is 2. The maximum absolute atomic E-state index is 12.1. The van der Waals surface area contributed by atoms with Gasteiger partial charge in [0.15, 0.2) is 17.1 Å². The van der Waals surface area contributed by atoms with Crippen LogP contribution in [0.4, 0.5) is 10.6 Å². The van der Waals surface area contributed by atoms with E-state index in [2.05, 4.69) is 5.16 Å². The number of urea groups is 1. The molecular weight excluding hydrogens is 352 g/mol. The number of aromatic nitrogens is 1. The van der Waals surface area contributed by atoms with Crippen LogP contribution in [0.25, 0.3) is 11.3 Å². The van der Waals surface area contributed by atoms with E-state index < -0.39 is 5.97 Å². The molecule has 0 spiro atoms. The second kappa shape index (κ2) is 7.56. The van der Waals surface area contributed by atoms with Gasteiger partial charge in [-0.15, -0.1) is 0 Å². The monoisotopic (exact) mass is 374 g/mol. The Kier molecular flexibility index (Phi) is 5.20. The maximum atomic E-state index is 12.1. The summed E-state index contributed by atoms with van der Waals surface area (Å²) in [6.45, 7) is 1.94. The molecule has 9 nitrogen and oxygen atoms in total. The number of methoxy groups -OCH3 is 1. The van der Waals surface area contributed by atoms with E-state index in [4.69, 9.17) is 9.26 Å². The minimum Gasteiger partial charge on any atom is -0.497 e. The van der Waals surface area contributed by atoms with E-state index in [0.29, 0.717) is 37.5 Å². The smallest absolute Gasteiger partial charge is 0.343 e. The molecule has 2 amide bonds. The number of carbonyl (C=O) groups is 2. The summed E-state index contributed by atoms with van der Waals surface area (Å²) in [5, 5.41) is 13.7. The highest BCUT2D eigenvalue weighted by Crippen LogP contribution is 2.32. The summed E-state index contributed by atoms with van der Waals surface area (Å²) < 4.78 is 10.5. The number of nitrogens with zero attached hydrogens (tertiary/aromatic N) is 4. The van der Waals surface area contributed by atoms with Crippen LogP contribution in [-0.2, 0) is 0 Å². The summed E-state index contributed by atoms with van der Waals surface area (Å²) in [4.78, 5) is 29.0. The number of rotatable bonds is 4. The molecule has 0 aliphatic carbocycles. The highest BCUT2D eigenvalue weighted by molar-refractivity contribution is 5.99. The van der Waals surface area contributed by atoms with Crippen LogP contribution in [0.15, 0.2) is 28.8 Å². The van der Waals surface area contributed by atoms with E-state index in [1.807, 2.05) is 4.90 Å². The largest absolute Gasteiger partial charge is 0.497 e. The zero-order valence-corrected chi connectivity index (χ0v) is 15.5. The Hall–Kier alpha value is -3.23. The zero-order valence-electron chi connectivity index (χ0n) is 15.5. The van der Waals surface area contributed by atoms with Crippen LogP contribution in [-0.4, -0.2) is 79.4 Å². The van der Waals surface area contributed by atoms with Crippen LogP contribution in [0.1, 0.15) is 10.4 Å². The van der Waals surface area contributed by atoms with Crippen molar-refractivity contribution < 1.29 is 24.0 Å². The molecule has 1 aromatic heterocycles. The number of piperazine rings is 1. The summed E-state index contributed by atoms with van der Waals surface area (Å²) in [6.07, 6.45) is 0. The third-order valence-corrected chi connectivity index (χ3v) is 4.47. The predicted molar refractivity (Wildman–Crippen MR) is 98.3 cm³/mol. The number of benzene rings is 1. The summed E-state index contributed by atoms with van der Waals surface area (Å²) in [5.41, 5.74) is 0.626. The normalized spacial score (nSPS) is 14.2. The molecule has 1 aromatic carbocycles. The fraction of sp³-hybridized carbons (Fsp3) is 0.389. The standard InChI is InChI=1S/C18H22N4O5/c1-20(2)18(25)22-10-8-21(9-11-22)16-14(17(23)24)15(27-19-16)12-4-6-13(26-3)7-5-12/h4-7H,8-11H2,1-3H3,(H,23,24). The van der Waals surface area contributed by atoms with Gasteiger partial charge in [-0.3, -0.25) is 0 Å². The minimum atomic E-state index is -1.11. The van der Waals surface area contributed by atoms with E-state index >= 15 is 0 Å². The highest BCUT2D eigenvalue weighted by Gasteiger charge is 2.30. The van der Waals surface area contributed by atoms with Crippen molar-refractivity contribution in [1.29, 1.82) is 0 Å². The van der Waals surface area contributed by atoms with Crippen molar-refractivity contribution in [1.82, 2.24) is 15.0 Å². The zero-order chi connectivity index (χ0) is 19.6. The van der Waals surface area contributed by atoms with Crippen molar-refractivity contribution in [2.75, 3.05) is 52.3 Å². The van der Waals surface area contributed by atoms with Crippen LogP contribution >= 0.6 is 0 Å². The number of carboxylic acid groups (broad SMARTS) is 1. The number of carboxylic acids is 1. The number of anilines is 1. The van der Waals surface area contributed by atoms with Gasteiger partial charge in [0.05, 0.1) is 7.11 Å². The molecule has 0 radical (unpaired) electrons. The quantitative estimate of drug-likeness (QED) is 0.872. The number of ether oxygens (including phenoxy) is 1. The molecule has 0 unspecified atom stereocenters. The molecule has 0 atom stereocenters. The molecule has 1 aliphatic rings. The first-order chi connectivity index (χ1) is 12.9. The summed E-state index contributed by atoms with van der Waals surface area (Å²) >= 11 is 0. The minimum absolute atomic E-state index is 0.0209. The number of hydrogen-bond donors (Lipinski definition) is 1. The fourth-order valence-corrected chi connectivity index (χ4v) is 3.02. The lowest BCUT2D eigenvalue weighted by atomic mass is 10.1. The molecule has 1 saturated heterocycles. The van der Waals surface area contributed by atoms with Gasteiger partial charge in [-0.05, 0) is 24.3 Å². The molecule has 2 aromatic rings. The highest BCUT2D eigenvalue weighted by atomic mass is 16.5. The number of aromatic carboxylic acids is 1. The van der Waals surface area contributed by atoms with Gasteiger partial charge >= 0.3 is 12.0 Å². The molecule has 1 aliphatic heterocycles. The van der Waals surface area contributed by atoms with Crippen molar-refractivity contribution in [2.45, 2.75) is 0 Å². The van der Waals surface area contributed by atoms with E-state index in [1.165, 1.54) is 4.90 Å². The molecule has 27 heavy (non-hydrogen) atoms. The van der Waals surface area contributed by atoms with Crippen molar-refractivity contribution in [3.63, 3.8) is 0 Å². The van der Waals surface area contributed by atoms with E-state index in [0.717, 1.165) is 0 Å². The van der Waals surface area contributed by atoms with Crippen molar-refractivity contribution in [3.8, 4) is 17.1 Å². The first kappa shape index (κ1) is 18.6. The molecular formula is C18H22N4O5. The Labute approximate surface area is 156 Å². The molecule has 2 heterocycles. The summed E-state index contributed by atoms with van der Waals surface area (Å²) in [7, 11) is 4.97. The van der Waals surface area contributed by atoms with Gasteiger partial charge in [0.2, 0.25) is 0 Å². The molecule has 0 saturated carbocycles. The van der Waals surface area contributed by atoms with Crippen LogP contribution in [0.5, 0.6) is 5.75 Å². The van der Waals surface area contributed by atoms with Gasteiger partial charge < -0.3 is 29.1 Å². The molecule has 144 valence electrons. The molecule has 1 N–H and O–H groups in total. The Balaban J connectivity index is 1.84. The SMILES string of the molecule is COc1ccc(-c2onc(N3CCN(C(=O)N(C)C)CC3)c2C(=O)O)cc1. The van der Waals surface area contributed by atoms with E-state index in [9.17, 15) is 14.7 Å². The van der Waals surface area contributed by atoms with Crippen molar-refractivity contribution in [3.05, 3.63) is 29.8 Å². The molecule has 0 bridgehead atoms. The summed E-state index contributed by atoms with van der Waals surface area (Å²) in [6, 6.07) is 6.85.